The zero-order valence-corrected chi connectivity index (χ0v) is 20.7. The first-order chi connectivity index (χ1) is 15.7. The van der Waals surface area contributed by atoms with Gasteiger partial charge in [-0.05, 0) is 38.0 Å². The van der Waals surface area contributed by atoms with Gasteiger partial charge in [0.05, 0.1) is 7.11 Å². The van der Waals surface area contributed by atoms with Crippen LogP contribution in [0.3, 0.4) is 0 Å². The first kappa shape index (κ1) is 25.9. The van der Waals surface area contributed by atoms with Gasteiger partial charge in [-0.1, -0.05) is 19.3 Å². The molecule has 1 aliphatic heterocycles. The van der Waals surface area contributed by atoms with E-state index in [0.29, 0.717) is 49.8 Å². The highest BCUT2D eigenvalue weighted by molar-refractivity contribution is 7.86. The SMILES string of the molecule is COc1cc(C(C)=O)ccc1OCC(O)CN1CCN(S(=O)(=O)N(C)C2CCCCC2)CC1. The molecule has 0 bridgehead atoms. The number of aliphatic hydroxyl groups excluding tert-OH is 1. The van der Waals surface area contributed by atoms with Crippen LogP contribution in [0.15, 0.2) is 18.2 Å². The Bertz CT molecular complexity index is 895. The van der Waals surface area contributed by atoms with Gasteiger partial charge in [-0.3, -0.25) is 9.69 Å². The number of hydrogen-bond donors (Lipinski definition) is 1. The third-order valence-corrected chi connectivity index (χ3v) is 8.62. The molecule has 2 aliphatic rings. The van der Waals surface area contributed by atoms with Crippen LogP contribution in [0.5, 0.6) is 11.5 Å². The number of ether oxygens (including phenoxy) is 2. The van der Waals surface area contributed by atoms with Gasteiger partial charge in [0.25, 0.3) is 10.2 Å². The fourth-order valence-electron chi connectivity index (χ4n) is 4.50. The molecule has 1 saturated carbocycles. The molecule has 1 N–H and O–H groups in total. The lowest BCUT2D eigenvalue weighted by molar-refractivity contribution is 0.0553. The number of benzene rings is 1. The number of β-amino-alcohol motifs (C(OH)–C–C–N with tert-alkyl or cyclic N) is 1. The molecule has 1 aromatic rings. The summed E-state index contributed by atoms with van der Waals surface area (Å²) in [5.41, 5.74) is 0.529. The topological polar surface area (TPSA) is 99.6 Å². The number of carbonyl (C=O) groups excluding carboxylic acids is 1. The van der Waals surface area contributed by atoms with Crippen molar-refractivity contribution < 1.29 is 27.8 Å². The monoisotopic (exact) mass is 483 g/mol. The van der Waals surface area contributed by atoms with Crippen molar-refractivity contribution in [2.24, 2.45) is 0 Å². The predicted octanol–water partition coefficient (Wildman–Crippen LogP) is 1.76. The van der Waals surface area contributed by atoms with Crippen LogP contribution in [0.1, 0.15) is 49.4 Å². The van der Waals surface area contributed by atoms with Gasteiger partial charge in [-0.25, -0.2) is 0 Å². The fraction of sp³-hybridized carbons (Fsp3) is 0.696. The molecule has 186 valence electrons. The Hall–Kier alpha value is -1.72. The predicted molar refractivity (Wildman–Crippen MR) is 126 cm³/mol. The summed E-state index contributed by atoms with van der Waals surface area (Å²) in [4.78, 5) is 13.6. The van der Waals surface area contributed by atoms with E-state index < -0.39 is 16.3 Å². The second-order valence-corrected chi connectivity index (χ2v) is 10.9. The molecule has 0 radical (unpaired) electrons. The second-order valence-electron chi connectivity index (χ2n) is 8.90. The standard InChI is InChI=1S/C23H37N3O6S/c1-18(27)19-9-10-22(23(15-19)31-3)32-17-21(28)16-25-11-13-26(14-12-25)33(29,30)24(2)20-7-5-4-6-8-20/h9-10,15,20-21,28H,4-8,11-14,16-17H2,1-3H3. The van der Waals surface area contributed by atoms with Crippen LogP contribution >= 0.6 is 0 Å². The maximum Gasteiger partial charge on any atom is 0.282 e. The van der Waals surface area contributed by atoms with Crippen LogP contribution in [0.4, 0.5) is 0 Å². The minimum atomic E-state index is -3.46. The molecule has 3 rings (SSSR count). The summed E-state index contributed by atoms with van der Waals surface area (Å²) in [6, 6.07) is 5.04. The van der Waals surface area contributed by atoms with Crippen molar-refractivity contribution in [2.45, 2.75) is 51.2 Å². The van der Waals surface area contributed by atoms with E-state index >= 15 is 0 Å². The quantitative estimate of drug-likeness (QED) is 0.506. The summed E-state index contributed by atoms with van der Waals surface area (Å²) in [7, 11) is -0.256. The molecular formula is C23H37N3O6S. The number of nitrogens with zero attached hydrogens (tertiary/aromatic N) is 3. The van der Waals surface area contributed by atoms with Crippen molar-refractivity contribution in [1.82, 2.24) is 13.5 Å². The number of carbonyl (C=O) groups is 1. The van der Waals surface area contributed by atoms with Gasteiger partial charge in [0, 0.05) is 51.4 Å². The van der Waals surface area contributed by atoms with Crippen LogP contribution < -0.4 is 9.47 Å². The average Bonchev–Trinajstić information content (AvgIpc) is 2.82. The normalized spacial score (nSPS) is 20.0. The highest BCUT2D eigenvalue weighted by Gasteiger charge is 2.34. The van der Waals surface area contributed by atoms with Crippen LogP contribution in [0.2, 0.25) is 0 Å². The minimum absolute atomic E-state index is 0.0639. The molecule has 0 amide bonds. The summed E-state index contributed by atoms with van der Waals surface area (Å²) in [5, 5.41) is 10.5. The van der Waals surface area contributed by atoms with E-state index in [-0.39, 0.29) is 18.4 Å². The Morgan fingerprint density at radius 2 is 1.82 bits per heavy atom. The molecule has 1 aromatic carbocycles. The fourth-order valence-corrected chi connectivity index (χ4v) is 6.08. The molecule has 1 aliphatic carbocycles. The maximum atomic E-state index is 13.0. The highest BCUT2D eigenvalue weighted by Crippen LogP contribution is 2.28. The summed E-state index contributed by atoms with van der Waals surface area (Å²) in [6.07, 6.45) is 4.49. The molecule has 9 nitrogen and oxygen atoms in total. The Morgan fingerprint density at radius 3 is 2.42 bits per heavy atom. The molecule has 1 unspecified atom stereocenters. The van der Waals surface area contributed by atoms with Crippen LogP contribution in [-0.4, -0.2) is 98.5 Å². The van der Waals surface area contributed by atoms with Gasteiger partial charge in [0.15, 0.2) is 17.3 Å². The van der Waals surface area contributed by atoms with Gasteiger partial charge in [-0.15, -0.1) is 0 Å². The summed E-state index contributed by atoms with van der Waals surface area (Å²) in [6.45, 7) is 3.88. The molecule has 0 spiro atoms. The van der Waals surface area contributed by atoms with E-state index in [9.17, 15) is 18.3 Å². The number of hydrogen-bond acceptors (Lipinski definition) is 7. The Labute approximate surface area is 197 Å². The lowest BCUT2D eigenvalue weighted by atomic mass is 9.96. The van der Waals surface area contributed by atoms with E-state index in [1.807, 2.05) is 0 Å². The Kier molecular flexibility index (Phi) is 9.11. The van der Waals surface area contributed by atoms with Crippen molar-refractivity contribution in [3.05, 3.63) is 23.8 Å². The Balaban J connectivity index is 1.46. The summed E-state index contributed by atoms with van der Waals surface area (Å²) < 4.78 is 40.2. The average molecular weight is 484 g/mol. The van der Waals surface area contributed by atoms with Gasteiger partial charge in [0.2, 0.25) is 0 Å². The second kappa shape index (κ2) is 11.6. The maximum absolute atomic E-state index is 13.0. The molecule has 33 heavy (non-hydrogen) atoms. The van der Waals surface area contributed by atoms with Gasteiger partial charge >= 0.3 is 0 Å². The number of aliphatic hydroxyl groups is 1. The number of ketones is 1. The van der Waals surface area contributed by atoms with Crippen molar-refractivity contribution in [1.29, 1.82) is 0 Å². The van der Waals surface area contributed by atoms with Crippen molar-refractivity contribution in [3.63, 3.8) is 0 Å². The third-order valence-electron chi connectivity index (χ3n) is 6.58. The number of methoxy groups -OCH3 is 1. The third kappa shape index (κ3) is 6.66. The van der Waals surface area contributed by atoms with E-state index in [0.717, 1.165) is 25.7 Å². The van der Waals surface area contributed by atoms with Gasteiger partial charge in [-0.2, -0.15) is 17.0 Å². The van der Waals surface area contributed by atoms with Gasteiger partial charge in [0.1, 0.15) is 12.7 Å². The van der Waals surface area contributed by atoms with Crippen LogP contribution in [0, 0.1) is 0 Å². The largest absolute Gasteiger partial charge is 0.493 e. The first-order valence-corrected chi connectivity index (χ1v) is 13.1. The summed E-state index contributed by atoms with van der Waals surface area (Å²) >= 11 is 0. The number of Topliss-reactive ketones (excluding diaryl/α,β-unsaturated/α-hetero) is 1. The first-order valence-electron chi connectivity index (χ1n) is 11.7. The van der Waals surface area contributed by atoms with E-state index in [1.54, 1.807) is 33.9 Å². The molecule has 1 atom stereocenters. The molecule has 0 aromatic heterocycles. The van der Waals surface area contributed by atoms with Crippen molar-refractivity contribution in [3.8, 4) is 11.5 Å². The van der Waals surface area contributed by atoms with Gasteiger partial charge < -0.3 is 14.6 Å². The molecule has 1 heterocycles. The number of piperazine rings is 1. The molecular weight excluding hydrogens is 446 g/mol. The molecule has 2 fully saturated rings. The smallest absolute Gasteiger partial charge is 0.282 e. The summed E-state index contributed by atoms with van der Waals surface area (Å²) in [5.74, 6) is 0.838. The highest BCUT2D eigenvalue weighted by atomic mass is 32.2. The van der Waals surface area contributed by atoms with Crippen molar-refractivity contribution >= 4 is 16.0 Å². The lowest BCUT2D eigenvalue weighted by Gasteiger charge is -2.39. The van der Waals surface area contributed by atoms with Crippen LogP contribution in [0.25, 0.3) is 0 Å². The Morgan fingerprint density at radius 1 is 1.15 bits per heavy atom. The molecule has 1 saturated heterocycles. The number of rotatable bonds is 10. The van der Waals surface area contributed by atoms with Crippen molar-refractivity contribution in [2.75, 3.05) is 53.5 Å². The minimum Gasteiger partial charge on any atom is -0.493 e. The van der Waals surface area contributed by atoms with Crippen LogP contribution in [-0.2, 0) is 10.2 Å². The zero-order valence-electron chi connectivity index (χ0n) is 19.9. The molecule has 10 heteroatoms. The van der Waals surface area contributed by atoms with E-state index in [4.69, 9.17) is 9.47 Å². The lowest BCUT2D eigenvalue weighted by Crippen LogP contribution is -2.55. The zero-order chi connectivity index (χ0) is 24.0. The van der Waals surface area contributed by atoms with E-state index in [2.05, 4.69) is 4.90 Å². The van der Waals surface area contributed by atoms with E-state index in [1.165, 1.54) is 20.5 Å².